The molecule has 5 nitrogen and oxygen atoms in total. The third kappa shape index (κ3) is 3.08. The van der Waals surface area contributed by atoms with Gasteiger partial charge in [-0.2, -0.15) is 0 Å². The van der Waals surface area contributed by atoms with Crippen molar-refractivity contribution in [2.45, 2.75) is 6.92 Å². The van der Waals surface area contributed by atoms with Crippen LogP contribution in [0.25, 0.3) is 0 Å². The number of rotatable bonds is 3. The highest BCUT2D eigenvalue weighted by molar-refractivity contribution is 9.10. The van der Waals surface area contributed by atoms with E-state index in [1.165, 1.54) is 19.2 Å². The molecule has 6 heteroatoms. The molecular weight excluding hydrogens is 324 g/mol. The van der Waals surface area contributed by atoms with Gasteiger partial charge in [-0.15, -0.1) is 0 Å². The fourth-order valence-corrected chi connectivity index (χ4v) is 2.13. The van der Waals surface area contributed by atoms with E-state index in [1.807, 2.05) is 13.0 Å². The number of ether oxygens (including phenoxy) is 1. The maximum atomic E-state index is 12.1. The van der Waals surface area contributed by atoms with Gasteiger partial charge in [0.05, 0.1) is 7.11 Å². The van der Waals surface area contributed by atoms with Crippen LogP contribution >= 0.6 is 15.9 Å². The summed E-state index contributed by atoms with van der Waals surface area (Å²) in [6, 6.07) is 6.31. The van der Waals surface area contributed by atoms with E-state index in [4.69, 9.17) is 4.74 Å². The number of aromatic nitrogens is 1. The van der Waals surface area contributed by atoms with Gasteiger partial charge in [-0.1, -0.05) is 0 Å². The van der Waals surface area contributed by atoms with Gasteiger partial charge in [0.25, 0.3) is 5.91 Å². The lowest BCUT2D eigenvalue weighted by molar-refractivity contribution is 0.102. The van der Waals surface area contributed by atoms with Crippen molar-refractivity contribution in [1.82, 2.24) is 4.98 Å². The lowest BCUT2D eigenvalue weighted by Crippen LogP contribution is -2.13. The number of methoxy groups -OCH3 is 1. The first-order valence-electron chi connectivity index (χ1n) is 5.81. The second-order valence-corrected chi connectivity index (χ2v) is 5.08. The average molecular weight is 337 g/mol. The first kappa shape index (κ1) is 14.3. The number of amides is 1. The van der Waals surface area contributed by atoms with E-state index in [-0.39, 0.29) is 11.7 Å². The van der Waals surface area contributed by atoms with Crippen molar-refractivity contribution in [3.63, 3.8) is 0 Å². The Morgan fingerprint density at radius 1 is 1.40 bits per heavy atom. The first-order valence-corrected chi connectivity index (χ1v) is 6.61. The zero-order valence-corrected chi connectivity index (χ0v) is 12.6. The molecule has 0 aliphatic heterocycles. The van der Waals surface area contributed by atoms with Gasteiger partial charge >= 0.3 is 0 Å². The number of carbonyl (C=O) groups is 1. The van der Waals surface area contributed by atoms with Gasteiger partial charge < -0.3 is 15.2 Å². The Morgan fingerprint density at radius 2 is 2.15 bits per heavy atom. The molecule has 0 unspecified atom stereocenters. The minimum atomic E-state index is -0.346. The lowest BCUT2D eigenvalue weighted by atomic mass is 10.2. The van der Waals surface area contributed by atoms with Crippen molar-refractivity contribution in [2.24, 2.45) is 0 Å². The van der Waals surface area contributed by atoms with Gasteiger partial charge in [-0.3, -0.25) is 4.79 Å². The summed E-state index contributed by atoms with van der Waals surface area (Å²) in [5, 5.41) is 12.4. The highest BCUT2D eigenvalue weighted by Gasteiger charge is 2.11. The van der Waals surface area contributed by atoms with E-state index in [9.17, 15) is 9.90 Å². The molecule has 0 bridgehead atoms. The molecule has 1 amide bonds. The Bertz CT molecular complexity index is 659. The Kier molecular flexibility index (Phi) is 4.24. The summed E-state index contributed by atoms with van der Waals surface area (Å²) in [6.45, 7) is 1.85. The molecule has 0 atom stereocenters. The summed E-state index contributed by atoms with van der Waals surface area (Å²) >= 11 is 3.31. The number of aromatic hydroxyl groups is 1. The van der Waals surface area contributed by atoms with Crippen LogP contribution in [0.3, 0.4) is 0 Å². The van der Waals surface area contributed by atoms with Crippen LogP contribution in [-0.2, 0) is 0 Å². The largest absolute Gasteiger partial charge is 0.504 e. The number of phenolic OH excluding ortho intramolecular Hbond substituents is 1. The van der Waals surface area contributed by atoms with Crippen molar-refractivity contribution in [2.75, 3.05) is 12.4 Å². The van der Waals surface area contributed by atoms with Crippen LogP contribution in [0, 0.1) is 6.92 Å². The molecule has 0 fully saturated rings. The monoisotopic (exact) mass is 336 g/mol. The fourth-order valence-electron chi connectivity index (χ4n) is 1.68. The van der Waals surface area contributed by atoms with Gasteiger partial charge in [0.2, 0.25) is 0 Å². The fraction of sp³-hybridized carbons (Fsp3) is 0.143. The summed E-state index contributed by atoms with van der Waals surface area (Å²) in [5.41, 5.74) is 1.16. The van der Waals surface area contributed by atoms with Crippen LogP contribution < -0.4 is 10.1 Å². The van der Waals surface area contributed by atoms with E-state index in [0.717, 1.165) is 10.0 Å². The summed E-state index contributed by atoms with van der Waals surface area (Å²) in [7, 11) is 1.45. The summed E-state index contributed by atoms with van der Waals surface area (Å²) < 4.78 is 5.77. The normalized spacial score (nSPS) is 10.2. The average Bonchev–Trinajstić information content (AvgIpc) is 2.41. The molecule has 0 spiro atoms. The maximum absolute atomic E-state index is 12.1. The Morgan fingerprint density at radius 3 is 2.75 bits per heavy atom. The highest BCUT2D eigenvalue weighted by atomic mass is 79.9. The Balaban J connectivity index is 2.21. The van der Waals surface area contributed by atoms with E-state index >= 15 is 0 Å². The van der Waals surface area contributed by atoms with Crippen LogP contribution in [-0.4, -0.2) is 23.1 Å². The van der Waals surface area contributed by atoms with E-state index in [1.54, 1.807) is 12.3 Å². The van der Waals surface area contributed by atoms with Gasteiger partial charge in [-0.25, -0.2) is 4.98 Å². The SMILES string of the molecule is COc1ccc(C(=O)Nc2ncc(Br)cc2C)cc1O. The molecular formula is C14H13BrN2O3. The van der Waals surface area contributed by atoms with Crippen LogP contribution in [0.1, 0.15) is 15.9 Å². The van der Waals surface area contributed by atoms with E-state index in [0.29, 0.717) is 17.1 Å². The number of nitrogens with one attached hydrogen (secondary N) is 1. The minimum Gasteiger partial charge on any atom is -0.504 e. The van der Waals surface area contributed by atoms with Gasteiger partial charge in [0.15, 0.2) is 11.5 Å². The predicted molar refractivity (Wildman–Crippen MR) is 79.3 cm³/mol. The second-order valence-electron chi connectivity index (χ2n) is 4.16. The zero-order chi connectivity index (χ0) is 14.7. The number of aryl methyl sites for hydroxylation is 1. The molecule has 104 valence electrons. The molecule has 1 heterocycles. The topological polar surface area (TPSA) is 71.5 Å². The predicted octanol–water partition coefficient (Wildman–Crippen LogP) is 3.12. The molecule has 0 saturated heterocycles. The zero-order valence-electron chi connectivity index (χ0n) is 11.0. The summed E-state index contributed by atoms with van der Waals surface area (Å²) in [4.78, 5) is 16.2. The van der Waals surface area contributed by atoms with Crippen LogP contribution in [0.5, 0.6) is 11.5 Å². The van der Waals surface area contributed by atoms with Crippen molar-refractivity contribution in [1.29, 1.82) is 0 Å². The first-order chi connectivity index (χ1) is 9.51. The third-order valence-electron chi connectivity index (χ3n) is 2.72. The quantitative estimate of drug-likeness (QED) is 0.903. The molecule has 2 rings (SSSR count). The molecule has 2 aromatic rings. The molecule has 2 N–H and O–H groups in total. The van der Waals surface area contributed by atoms with Crippen LogP contribution in [0.15, 0.2) is 34.9 Å². The number of phenols is 1. The number of hydrogen-bond donors (Lipinski definition) is 2. The number of pyridine rings is 1. The second kappa shape index (κ2) is 5.92. The van der Waals surface area contributed by atoms with Crippen molar-refractivity contribution in [3.8, 4) is 11.5 Å². The van der Waals surface area contributed by atoms with Crippen molar-refractivity contribution < 1.29 is 14.6 Å². The van der Waals surface area contributed by atoms with E-state index in [2.05, 4.69) is 26.2 Å². The van der Waals surface area contributed by atoms with Gasteiger partial charge in [0, 0.05) is 16.2 Å². The smallest absolute Gasteiger partial charge is 0.256 e. The van der Waals surface area contributed by atoms with Gasteiger partial charge in [-0.05, 0) is 52.7 Å². The number of benzene rings is 1. The van der Waals surface area contributed by atoms with Gasteiger partial charge in [0.1, 0.15) is 5.82 Å². The molecule has 1 aromatic carbocycles. The summed E-state index contributed by atoms with van der Waals surface area (Å²) in [5.74, 6) is 0.370. The summed E-state index contributed by atoms with van der Waals surface area (Å²) in [6.07, 6.45) is 1.61. The molecule has 0 radical (unpaired) electrons. The number of anilines is 1. The minimum absolute atomic E-state index is 0.0827. The molecule has 1 aromatic heterocycles. The third-order valence-corrected chi connectivity index (χ3v) is 3.15. The molecule has 0 saturated carbocycles. The van der Waals surface area contributed by atoms with Crippen molar-refractivity contribution in [3.05, 3.63) is 46.1 Å². The number of halogens is 1. The lowest BCUT2D eigenvalue weighted by Gasteiger charge is -2.09. The Labute approximate surface area is 124 Å². The molecule has 0 aliphatic carbocycles. The maximum Gasteiger partial charge on any atom is 0.256 e. The van der Waals surface area contributed by atoms with Crippen LogP contribution in [0.2, 0.25) is 0 Å². The standard InChI is InChI=1S/C14H13BrN2O3/c1-8-5-10(15)7-16-13(8)17-14(19)9-3-4-12(20-2)11(18)6-9/h3-7,18H,1-2H3,(H,16,17,19). The number of carbonyl (C=O) groups excluding carboxylic acids is 1. The molecule has 20 heavy (non-hydrogen) atoms. The molecule has 0 aliphatic rings. The van der Waals surface area contributed by atoms with Crippen molar-refractivity contribution >= 4 is 27.7 Å². The number of hydrogen-bond acceptors (Lipinski definition) is 4. The van der Waals surface area contributed by atoms with Crippen LogP contribution in [0.4, 0.5) is 5.82 Å². The Hall–Kier alpha value is -2.08. The van der Waals surface area contributed by atoms with E-state index < -0.39 is 0 Å². The highest BCUT2D eigenvalue weighted by Crippen LogP contribution is 2.26. The number of nitrogens with zero attached hydrogens (tertiary/aromatic N) is 1.